The fraction of sp³-hybridized carbons (Fsp3) is 0.227. The van der Waals surface area contributed by atoms with Gasteiger partial charge in [-0.2, -0.15) is 0 Å². The first-order valence-corrected chi connectivity index (χ1v) is 9.80. The molecule has 2 aromatic carbocycles. The van der Waals surface area contributed by atoms with E-state index in [2.05, 4.69) is 4.98 Å². The van der Waals surface area contributed by atoms with Crippen LogP contribution in [0.1, 0.15) is 35.1 Å². The minimum atomic E-state index is -1.06. The fourth-order valence-electron chi connectivity index (χ4n) is 3.62. The Morgan fingerprint density at radius 2 is 2.13 bits per heavy atom. The molecule has 1 aliphatic heterocycles. The number of aromatic carboxylic acids is 1. The van der Waals surface area contributed by atoms with Gasteiger partial charge in [0.1, 0.15) is 5.82 Å². The third-order valence-electron chi connectivity index (χ3n) is 4.97. The molecule has 2 heterocycles. The van der Waals surface area contributed by atoms with Crippen molar-refractivity contribution in [2.75, 3.05) is 13.7 Å². The van der Waals surface area contributed by atoms with E-state index >= 15 is 0 Å². The first-order chi connectivity index (χ1) is 14.4. The second-order valence-electron chi connectivity index (χ2n) is 6.82. The van der Waals surface area contributed by atoms with E-state index in [0.717, 1.165) is 11.1 Å². The van der Waals surface area contributed by atoms with Crippen molar-refractivity contribution in [3.63, 3.8) is 0 Å². The molecule has 0 bridgehead atoms. The zero-order chi connectivity index (χ0) is 21.4. The van der Waals surface area contributed by atoms with Crippen LogP contribution in [0.25, 0.3) is 22.6 Å². The van der Waals surface area contributed by atoms with Crippen LogP contribution in [0.2, 0.25) is 5.02 Å². The Labute approximate surface area is 177 Å². The predicted molar refractivity (Wildman–Crippen MR) is 115 cm³/mol. The summed E-state index contributed by atoms with van der Waals surface area (Å²) >= 11 is 6.35. The molecular weight excluding hydrogens is 408 g/mol. The van der Waals surface area contributed by atoms with Gasteiger partial charge in [-0.25, -0.2) is 9.78 Å². The molecule has 0 saturated heterocycles. The molecule has 8 heteroatoms. The van der Waals surface area contributed by atoms with E-state index in [1.54, 1.807) is 10.6 Å². The Kier molecular flexibility index (Phi) is 5.22. The molecule has 0 aliphatic carbocycles. The van der Waals surface area contributed by atoms with E-state index in [4.69, 9.17) is 21.1 Å². The van der Waals surface area contributed by atoms with Crippen molar-refractivity contribution in [3.05, 3.63) is 62.7 Å². The Morgan fingerprint density at radius 1 is 1.33 bits per heavy atom. The standard InChI is InChI=1S/C22H19ClN2O5/c1-3-30-18-10-12(9-16(23)19(18)29-2)8-13-6-7-25-20(13)24-17-11-14(22(27)28)4-5-15(17)21(25)26/h4-5,8-11H,3,6-7H2,1-2H3,(H,27,28)/b13-8+. The van der Waals surface area contributed by atoms with Gasteiger partial charge >= 0.3 is 5.97 Å². The number of ether oxygens (including phenoxy) is 2. The number of rotatable bonds is 5. The molecule has 30 heavy (non-hydrogen) atoms. The quantitative estimate of drug-likeness (QED) is 0.660. The second kappa shape index (κ2) is 7.84. The summed E-state index contributed by atoms with van der Waals surface area (Å²) in [5, 5.41) is 10.1. The SMILES string of the molecule is CCOc1cc(/C=C2\CCn3c2nc2cc(C(=O)O)ccc2c3=O)cc(Cl)c1OC. The molecule has 0 saturated carbocycles. The highest BCUT2D eigenvalue weighted by Gasteiger charge is 2.22. The maximum absolute atomic E-state index is 12.9. The largest absolute Gasteiger partial charge is 0.491 e. The van der Waals surface area contributed by atoms with E-state index in [-0.39, 0.29) is 11.1 Å². The number of nitrogens with zero attached hydrogens (tertiary/aromatic N) is 2. The predicted octanol–water partition coefficient (Wildman–Crippen LogP) is 4.10. The minimum Gasteiger partial charge on any atom is -0.491 e. The number of carbonyl (C=O) groups is 1. The Hall–Kier alpha value is -3.32. The summed E-state index contributed by atoms with van der Waals surface area (Å²) in [6.45, 7) is 2.84. The Morgan fingerprint density at radius 3 is 2.83 bits per heavy atom. The molecule has 1 aliphatic rings. The number of aromatic nitrogens is 2. The zero-order valence-electron chi connectivity index (χ0n) is 16.4. The third-order valence-corrected chi connectivity index (χ3v) is 5.25. The van der Waals surface area contributed by atoms with Gasteiger partial charge in [0.2, 0.25) is 0 Å². The average molecular weight is 427 g/mol. The van der Waals surface area contributed by atoms with Crippen molar-refractivity contribution in [1.82, 2.24) is 9.55 Å². The highest BCUT2D eigenvalue weighted by molar-refractivity contribution is 6.32. The van der Waals surface area contributed by atoms with Gasteiger partial charge in [0.15, 0.2) is 11.5 Å². The van der Waals surface area contributed by atoms with E-state index in [1.807, 2.05) is 19.1 Å². The van der Waals surface area contributed by atoms with Gasteiger partial charge in [0.25, 0.3) is 5.56 Å². The molecule has 3 aromatic rings. The minimum absolute atomic E-state index is 0.0890. The van der Waals surface area contributed by atoms with Crippen molar-refractivity contribution in [2.24, 2.45) is 0 Å². The summed E-state index contributed by atoms with van der Waals surface area (Å²) in [5.41, 5.74) is 1.92. The summed E-state index contributed by atoms with van der Waals surface area (Å²) in [4.78, 5) is 28.7. The van der Waals surface area contributed by atoms with Crippen LogP contribution >= 0.6 is 11.6 Å². The van der Waals surface area contributed by atoms with Gasteiger partial charge in [0, 0.05) is 6.54 Å². The normalized spacial score (nSPS) is 14.2. The Bertz CT molecular complexity index is 1260. The molecule has 0 unspecified atom stereocenters. The second-order valence-corrected chi connectivity index (χ2v) is 7.22. The van der Waals surface area contributed by atoms with Crippen LogP contribution in [0.4, 0.5) is 0 Å². The maximum atomic E-state index is 12.9. The van der Waals surface area contributed by atoms with Crippen LogP contribution in [0.15, 0.2) is 35.1 Å². The zero-order valence-corrected chi connectivity index (χ0v) is 17.2. The van der Waals surface area contributed by atoms with E-state index in [1.165, 1.54) is 25.3 Å². The number of carboxylic acids is 1. The van der Waals surface area contributed by atoms with E-state index in [9.17, 15) is 14.7 Å². The highest BCUT2D eigenvalue weighted by atomic mass is 35.5. The number of benzene rings is 2. The topological polar surface area (TPSA) is 90.7 Å². The van der Waals surface area contributed by atoms with Crippen LogP contribution in [0.5, 0.6) is 11.5 Å². The highest BCUT2D eigenvalue weighted by Crippen LogP contribution is 2.38. The molecule has 0 fully saturated rings. The van der Waals surface area contributed by atoms with Crippen LogP contribution in [0.3, 0.4) is 0 Å². The lowest BCUT2D eigenvalue weighted by molar-refractivity contribution is 0.0697. The molecule has 4 rings (SSSR count). The lowest BCUT2D eigenvalue weighted by Gasteiger charge is -2.12. The molecule has 0 radical (unpaired) electrons. The third kappa shape index (κ3) is 3.41. The lowest BCUT2D eigenvalue weighted by atomic mass is 10.1. The van der Waals surface area contributed by atoms with Crippen LogP contribution < -0.4 is 15.0 Å². The maximum Gasteiger partial charge on any atom is 0.335 e. The fourth-order valence-corrected chi connectivity index (χ4v) is 3.92. The summed E-state index contributed by atoms with van der Waals surface area (Å²) in [6.07, 6.45) is 2.53. The summed E-state index contributed by atoms with van der Waals surface area (Å²) in [6, 6.07) is 7.95. The van der Waals surface area contributed by atoms with Crippen LogP contribution in [-0.4, -0.2) is 34.3 Å². The summed E-state index contributed by atoms with van der Waals surface area (Å²) in [7, 11) is 1.53. The molecular formula is C22H19ClN2O5. The van der Waals surface area contributed by atoms with Gasteiger partial charge < -0.3 is 14.6 Å². The molecule has 154 valence electrons. The molecule has 1 aromatic heterocycles. The summed E-state index contributed by atoms with van der Waals surface area (Å²) < 4.78 is 12.6. The summed E-state index contributed by atoms with van der Waals surface area (Å²) in [5.74, 6) is 0.465. The number of carboxylic acid groups (broad SMARTS) is 1. The van der Waals surface area contributed by atoms with Gasteiger partial charge in [-0.15, -0.1) is 0 Å². The number of hydrogen-bond donors (Lipinski definition) is 1. The van der Waals surface area contributed by atoms with Gasteiger partial charge in [-0.05, 0) is 60.9 Å². The van der Waals surface area contributed by atoms with Gasteiger partial charge in [-0.3, -0.25) is 9.36 Å². The van der Waals surface area contributed by atoms with Gasteiger partial charge in [0.05, 0.1) is 35.2 Å². The van der Waals surface area contributed by atoms with Crippen molar-refractivity contribution >= 4 is 40.1 Å². The number of hydrogen-bond acceptors (Lipinski definition) is 5. The van der Waals surface area contributed by atoms with Crippen molar-refractivity contribution in [1.29, 1.82) is 0 Å². The van der Waals surface area contributed by atoms with Crippen molar-refractivity contribution in [2.45, 2.75) is 19.9 Å². The molecule has 7 nitrogen and oxygen atoms in total. The van der Waals surface area contributed by atoms with Gasteiger partial charge in [-0.1, -0.05) is 11.6 Å². The molecule has 0 atom stereocenters. The molecule has 0 amide bonds. The monoisotopic (exact) mass is 426 g/mol. The van der Waals surface area contributed by atoms with Crippen molar-refractivity contribution in [3.8, 4) is 11.5 Å². The van der Waals surface area contributed by atoms with E-state index in [0.29, 0.717) is 52.8 Å². The van der Waals surface area contributed by atoms with E-state index < -0.39 is 5.97 Å². The lowest BCUT2D eigenvalue weighted by Crippen LogP contribution is -2.21. The van der Waals surface area contributed by atoms with Crippen molar-refractivity contribution < 1.29 is 19.4 Å². The smallest absolute Gasteiger partial charge is 0.335 e. The molecule has 0 spiro atoms. The number of allylic oxidation sites excluding steroid dienone is 1. The first-order valence-electron chi connectivity index (χ1n) is 9.42. The average Bonchev–Trinajstić information content (AvgIpc) is 3.10. The Balaban J connectivity index is 1.84. The number of halogens is 1. The van der Waals surface area contributed by atoms with Crippen LogP contribution in [-0.2, 0) is 6.54 Å². The number of fused-ring (bicyclic) bond motifs is 2. The first kappa shape index (κ1) is 20.0. The molecule has 1 N–H and O–H groups in total. The number of methoxy groups -OCH3 is 1. The van der Waals surface area contributed by atoms with Crippen LogP contribution in [0, 0.1) is 0 Å².